The van der Waals surface area contributed by atoms with E-state index in [1.54, 1.807) is 0 Å². The average Bonchev–Trinajstić information content (AvgIpc) is 2.33. The monoisotopic (exact) mass is 244 g/mol. The third-order valence-corrected chi connectivity index (χ3v) is 3.55. The Morgan fingerprint density at radius 3 is 2.89 bits per heavy atom. The van der Waals surface area contributed by atoms with E-state index in [0.29, 0.717) is 11.3 Å². The fourth-order valence-corrected chi connectivity index (χ4v) is 2.43. The molecule has 1 saturated carbocycles. The Hall–Kier alpha value is -1.81. The van der Waals surface area contributed by atoms with Crippen LogP contribution >= 0.6 is 0 Å². The molecule has 3 rings (SSSR count). The van der Waals surface area contributed by atoms with Gasteiger partial charge in [-0.2, -0.15) is 0 Å². The van der Waals surface area contributed by atoms with E-state index in [4.69, 9.17) is 0 Å². The quantitative estimate of drug-likeness (QED) is 0.770. The van der Waals surface area contributed by atoms with E-state index in [0.717, 1.165) is 30.6 Å². The highest BCUT2D eigenvalue weighted by atomic mass is 16.3. The van der Waals surface area contributed by atoms with Crippen molar-refractivity contribution in [1.82, 2.24) is 4.98 Å². The first-order valence-corrected chi connectivity index (χ1v) is 6.26. The van der Waals surface area contributed by atoms with E-state index in [1.165, 1.54) is 0 Å². The molecule has 1 aliphatic rings. The molecule has 3 N–H and O–H groups in total. The van der Waals surface area contributed by atoms with Crippen molar-refractivity contribution < 1.29 is 5.11 Å². The molecule has 2 aromatic rings. The lowest BCUT2D eigenvalue weighted by Gasteiger charge is -2.31. The second-order valence-electron chi connectivity index (χ2n) is 4.97. The number of hydrogen-bond acceptors (Lipinski definition) is 3. The van der Waals surface area contributed by atoms with Crippen molar-refractivity contribution >= 4 is 16.6 Å². The molecule has 1 fully saturated rings. The average molecular weight is 244 g/mol. The molecule has 18 heavy (non-hydrogen) atoms. The normalized spacial score (nSPS) is 22.7. The van der Waals surface area contributed by atoms with Crippen molar-refractivity contribution in [2.45, 2.75) is 18.9 Å². The number of nitrogens with one attached hydrogen (secondary N) is 2. The first-order chi connectivity index (χ1) is 8.72. The van der Waals surface area contributed by atoms with Gasteiger partial charge in [0.1, 0.15) is 5.82 Å². The third-order valence-electron chi connectivity index (χ3n) is 3.55. The van der Waals surface area contributed by atoms with Crippen LogP contribution in [-0.2, 0) is 0 Å². The van der Waals surface area contributed by atoms with E-state index >= 15 is 0 Å². The number of H-pyrrole nitrogens is 1. The molecule has 0 aliphatic heterocycles. The molecule has 0 bridgehead atoms. The summed E-state index contributed by atoms with van der Waals surface area (Å²) in [5, 5.41) is 14.1. The van der Waals surface area contributed by atoms with Gasteiger partial charge in [-0.25, -0.2) is 0 Å². The number of pyridine rings is 1. The molecule has 4 nitrogen and oxygen atoms in total. The molecule has 0 unspecified atom stereocenters. The van der Waals surface area contributed by atoms with Gasteiger partial charge in [0.15, 0.2) is 0 Å². The number of fused-ring (bicyclic) bond motifs is 1. The summed E-state index contributed by atoms with van der Waals surface area (Å²) >= 11 is 0. The fraction of sp³-hybridized carbons (Fsp3) is 0.357. The largest absolute Gasteiger partial charge is 0.393 e. The van der Waals surface area contributed by atoms with Crippen LogP contribution in [0.3, 0.4) is 0 Å². The van der Waals surface area contributed by atoms with Gasteiger partial charge >= 0.3 is 0 Å². The predicted molar refractivity (Wildman–Crippen MR) is 71.8 cm³/mol. The van der Waals surface area contributed by atoms with Crippen molar-refractivity contribution in [3.8, 4) is 0 Å². The van der Waals surface area contributed by atoms with Crippen molar-refractivity contribution in [2.24, 2.45) is 5.92 Å². The van der Waals surface area contributed by atoms with Crippen molar-refractivity contribution in [3.05, 3.63) is 40.7 Å². The van der Waals surface area contributed by atoms with E-state index in [9.17, 15) is 9.90 Å². The SMILES string of the molecule is O=c1[nH]c(NCC2CC(O)C2)cc2ccccc12. The molecule has 1 aromatic heterocycles. The van der Waals surface area contributed by atoms with Crippen molar-refractivity contribution in [1.29, 1.82) is 0 Å². The molecule has 0 amide bonds. The number of anilines is 1. The highest BCUT2D eigenvalue weighted by Crippen LogP contribution is 2.27. The minimum atomic E-state index is -0.132. The number of aliphatic hydroxyl groups is 1. The minimum absolute atomic E-state index is 0.0655. The molecule has 0 spiro atoms. The van der Waals surface area contributed by atoms with Crippen LogP contribution in [0.2, 0.25) is 0 Å². The summed E-state index contributed by atoms with van der Waals surface area (Å²) in [5.41, 5.74) is -0.0655. The molecule has 0 radical (unpaired) electrons. The van der Waals surface area contributed by atoms with E-state index in [1.807, 2.05) is 30.3 Å². The summed E-state index contributed by atoms with van der Waals surface area (Å²) in [6.07, 6.45) is 1.57. The Bertz CT molecular complexity index is 614. The maximum atomic E-state index is 11.8. The number of rotatable bonds is 3. The zero-order valence-corrected chi connectivity index (χ0v) is 10.0. The van der Waals surface area contributed by atoms with Crippen LogP contribution in [0.5, 0.6) is 0 Å². The second-order valence-corrected chi connectivity index (χ2v) is 4.97. The molecular weight excluding hydrogens is 228 g/mol. The zero-order valence-electron chi connectivity index (χ0n) is 10.0. The first kappa shape index (κ1) is 11.3. The van der Waals surface area contributed by atoms with Crippen LogP contribution in [0.15, 0.2) is 35.1 Å². The van der Waals surface area contributed by atoms with Gasteiger partial charge in [0.2, 0.25) is 0 Å². The molecule has 94 valence electrons. The zero-order chi connectivity index (χ0) is 12.5. The number of aromatic nitrogens is 1. The van der Waals surface area contributed by atoms with Gasteiger partial charge in [-0.3, -0.25) is 4.79 Å². The van der Waals surface area contributed by atoms with E-state index in [2.05, 4.69) is 10.3 Å². The van der Waals surface area contributed by atoms with Crippen LogP contribution in [0.4, 0.5) is 5.82 Å². The van der Waals surface area contributed by atoms with Gasteiger partial charge in [-0.1, -0.05) is 18.2 Å². The number of aromatic amines is 1. The van der Waals surface area contributed by atoms with Gasteiger partial charge in [0.05, 0.1) is 6.10 Å². The summed E-state index contributed by atoms with van der Waals surface area (Å²) in [7, 11) is 0. The fourth-order valence-electron chi connectivity index (χ4n) is 2.43. The Labute approximate surface area is 105 Å². The van der Waals surface area contributed by atoms with Crippen LogP contribution in [0.1, 0.15) is 12.8 Å². The van der Waals surface area contributed by atoms with Crippen LogP contribution in [0, 0.1) is 5.92 Å². The van der Waals surface area contributed by atoms with Gasteiger partial charge in [-0.05, 0) is 36.3 Å². The highest BCUT2D eigenvalue weighted by Gasteiger charge is 2.26. The third kappa shape index (κ3) is 2.11. The predicted octanol–water partition coefficient (Wildman–Crippen LogP) is 1.71. The molecule has 0 saturated heterocycles. The Morgan fingerprint density at radius 2 is 2.11 bits per heavy atom. The van der Waals surface area contributed by atoms with Crippen LogP contribution in [0.25, 0.3) is 10.8 Å². The maximum absolute atomic E-state index is 11.8. The number of benzene rings is 1. The van der Waals surface area contributed by atoms with Gasteiger partial charge in [0.25, 0.3) is 5.56 Å². The molecule has 1 aromatic carbocycles. The van der Waals surface area contributed by atoms with Crippen molar-refractivity contribution in [2.75, 3.05) is 11.9 Å². The Kier molecular flexibility index (Phi) is 2.80. The number of hydrogen-bond donors (Lipinski definition) is 3. The lowest BCUT2D eigenvalue weighted by atomic mass is 9.82. The molecule has 4 heteroatoms. The minimum Gasteiger partial charge on any atom is -0.393 e. The summed E-state index contributed by atoms with van der Waals surface area (Å²) in [6, 6.07) is 9.49. The van der Waals surface area contributed by atoms with Gasteiger partial charge < -0.3 is 15.4 Å². The Balaban J connectivity index is 1.78. The molecule has 1 aliphatic carbocycles. The Morgan fingerprint density at radius 1 is 1.33 bits per heavy atom. The summed E-state index contributed by atoms with van der Waals surface area (Å²) in [6.45, 7) is 0.797. The summed E-state index contributed by atoms with van der Waals surface area (Å²) in [4.78, 5) is 14.7. The summed E-state index contributed by atoms with van der Waals surface area (Å²) in [5.74, 6) is 1.26. The topological polar surface area (TPSA) is 65.1 Å². The van der Waals surface area contributed by atoms with E-state index in [-0.39, 0.29) is 11.7 Å². The number of aliphatic hydroxyl groups excluding tert-OH is 1. The first-order valence-electron chi connectivity index (χ1n) is 6.26. The highest BCUT2D eigenvalue weighted by molar-refractivity contribution is 5.83. The van der Waals surface area contributed by atoms with E-state index < -0.39 is 0 Å². The van der Waals surface area contributed by atoms with Gasteiger partial charge in [-0.15, -0.1) is 0 Å². The standard InChI is InChI=1S/C14H16N2O2/c17-11-5-9(6-11)8-15-13-7-10-3-1-2-4-12(10)14(18)16-13/h1-4,7,9,11,17H,5-6,8H2,(H2,15,16,18). The van der Waals surface area contributed by atoms with Gasteiger partial charge in [0, 0.05) is 11.9 Å². The van der Waals surface area contributed by atoms with Crippen molar-refractivity contribution in [3.63, 3.8) is 0 Å². The van der Waals surface area contributed by atoms with Crippen LogP contribution < -0.4 is 10.9 Å². The lowest BCUT2D eigenvalue weighted by molar-refractivity contribution is 0.0486. The lowest BCUT2D eigenvalue weighted by Crippen LogP contribution is -2.33. The summed E-state index contributed by atoms with van der Waals surface area (Å²) < 4.78 is 0. The molecule has 0 atom stereocenters. The maximum Gasteiger partial charge on any atom is 0.257 e. The smallest absolute Gasteiger partial charge is 0.257 e. The molecule has 1 heterocycles. The second kappa shape index (κ2) is 4.46. The molecular formula is C14H16N2O2. The van der Waals surface area contributed by atoms with Crippen LogP contribution in [-0.4, -0.2) is 22.7 Å².